The van der Waals surface area contributed by atoms with Crippen molar-refractivity contribution in [3.05, 3.63) is 18.3 Å². The summed E-state index contributed by atoms with van der Waals surface area (Å²) in [5.41, 5.74) is 5.57. The fourth-order valence-corrected chi connectivity index (χ4v) is 3.48. The summed E-state index contributed by atoms with van der Waals surface area (Å²) in [6.45, 7) is 0.378. The second kappa shape index (κ2) is 5.85. The predicted molar refractivity (Wildman–Crippen MR) is 71.8 cm³/mol. The molecule has 0 aromatic carbocycles. The van der Waals surface area contributed by atoms with E-state index in [0.717, 1.165) is 25.7 Å². The Kier molecular flexibility index (Phi) is 4.38. The van der Waals surface area contributed by atoms with Crippen molar-refractivity contribution in [1.82, 2.24) is 9.71 Å². The van der Waals surface area contributed by atoms with Crippen LogP contribution in [0, 0.1) is 5.92 Å². The van der Waals surface area contributed by atoms with E-state index in [1.807, 2.05) is 0 Å². The van der Waals surface area contributed by atoms with E-state index in [0.29, 0.717) is 6.54 Å². The average Bonchev–Trinajstić information content (AvgIpc) is 2.38. The van der Waals surface area contributed by atoms with E-state index < -0.39 is 10.0 Å². The molecule has 0 saturated heterocycles. The minimum absolute atomic E-state index is 0.00839. The van der Waals surface area contributed by atoms with Gasteiger partial charge in [-0.05, 0) is 43.7 Å². The summed E-state index contributed by atoms with van der Waals surface area (Å²) < 4.78 is 26.7. The zero-order chi connectivity index (χ0) is 13.9. The SMILES string of the molecule is Nc1ncccc1S(=O)(=O)NCC1CCC(O)CC1. The van der Waals surface area contributed by atoms with E-state index in [-0.39, 0.29) is 22.7 Å². The van der Waals surface area contributed by atoms with Crippen molar-refractivity contribution in [2.75, 3.05) is 12.3 Å². The van der Waals surface area contributed by atoms with E-state index >= 15 is 0 Å². The summed E-state index contributed by atoms with van der Waals surface area (Å²) in [6, 6.07) is 2.98. The van der Waals surface area contributed by atoms with Gasteiger partial charge in [0.05, 0.1) is 6.10 Å². The number of anilines is 1. The zero-order valence-electron chi connectivity index (χ0n) is 10.6. The number of nitrogens with two attached hydrogens (primary N) is 1. The molecule has 0 amide bonds. The highest BCUT2D eigenvalue weighted by molar-refractivity contribution is 7.89. The van der Waals surface area contributed by atoms with Crippen molar-refractivity contribution in [3.63, 3.8) is 0 Å². The van der Waals surface area contributed by atoms with Crippen LogP contribution in [0.15, 0.2) is 23.2 Å². The van der Waals surface area contributed by atoms with Gasteiger partial charge >= 0.3 is 0 Å². The zero-order valence-corrected chi connectivity index (χ0v) is 11.4. The fourth-order valence-electron chi connectivity index (χ4n) is 2.28. The maximum Gasteiger partial charge on any atom is 0.244 e. The molecule has 4 N–H and O–H groups in total. The molecule has 0 aliphatic heterocycles. The standard InChI is InChI=1S/C12H19N3O3S/c13-12-11(2-1-7-14-12)19(17,18)15-8-9-3-5-10(16)6-4-9/h1-2,7,9-10,15-16H,3-6,8H2,(H2,13,14). The van der Waals surface area contributed by atoms with Gasteiger partial charge in [0.25, 0.3) is 0 Å². The molecule has 0 spiro atoms. The first-order chi connectivity index (χ1) is 8.99. The summed E-state index contributed by atoms with van der Waals surface area (Å²) in [5.74, 6) is 0.283. The number of nitrogens with zero attached hydrogens (tertiary/aromatic N) is 1. The van der Waals surface area contributed by atoms with E-state index in [2.05, 4.69) is 9.71 Å². The Labute approximate surface area is 113 Å². The number of aromatic nitrogens is 1. The van der Waals surface area contributed by atoms with Crippen molar-refractivity contribution < 1.29 is 13.5 Å². The molecule has 0 atom stereocenters. The Morgan fingerprint density at radius 1 is 1.37 bits per heavy atom. The van der Waals surface area contributed by atoms with Crippen LogP contribution in [-0.4, -0.2) is 31.2 Å². The van der Waals surface area contributed by atoms with Crippen LogP contribution in [0.1, 0.15) is 25.7 Å². The van der Waals surface area contributed by atoms with Crippen LogP contribution in [0.3, 0.4) is 0 Å². The molecule has 1 heterocycles. The van der Waals surface area contributed by atoms with Crippen molar-refractivity contribution in [2.45, 2.75) is 36.7 Å². The van der Waals surface area contributed by atoms with Gasteiger partial charge in [0.15, 0.2) is 0 Å². The number of aliphatic hydroxyl groups excluding tert-OH is 1. The molecule has 1 aliphatic rings. The Morgan fingerprint density at radius 3 is 2.68 bits per heavy atom. The Morgan fingerprint density at radius 2 is 2.05 bits per heavy atom. The number of rotatable bonds is 4. The van der Waals surface area contributed by atoms with Gasteiger partial charge < -0.3 is 10.8 Å². The third-order valence-corrected chi connectivity index (χ3v) is 4.94. The van der Waals surface area contributed by atoms with Gasteiger partial charge in [-0.2, -0.15) is 0 Å². The number of hydrogen-bond acceptors (Lipinski definition) is 5. The molecular weight excluding hydrogens is 266 g/mol. The minimum atomic E-state index is -3.60. The number of aliphatic hydroxyl groups is 1. The molecule has 0 unspecified atom stereocenters. The molecular formula is C12H19N3O3S. The molecule has 106 valence electrons. The fraction of sp³-hybridized carbons (Fsp3) is 0.583. The number of sulfonamides is 1. The van der Waals surface area contributed by atoms with Crippen LogP contribution in [-0.2, 0) is 10.0 Å². The highest BCUT2D eigenvalue weighted by Crippen LogP contribution is 2.24. The molecule has 19 heavy (non-hydrogen) atoms. The van der Waals surface area contributed by atoms with Crippen LogP contribution in [0.5, 0.6) is 0 Å². The number of nitrogens with one attached hydrogen (secondary N) is 1. The summed E-state index contributed by atoms with van der Waals surface area (Å²) in [5, 5.41) is 9.41. The second-order valence-electron chi connectivity index (χ2n) is 4.91. The topological polar surface area (TPSA) is 105 Å². The first kappa shape index (κ1) is 14.2. The predicted octanol–water partition coefficient (Wildman–Crippen LogP) is 0.493. The van der Waals surface area contributed by atoms with Gasteiger partial charge in [-0.1, -0.05) is 0 Å². The lowest BCUT2D eigenvalue weighted by Crippen LogP contribution is -2.32. The number of nitrogen functional groups attached to an aromatic ring is 1. The van der Waals surface area contributed by atoms with Gasteiger partial charge in [0, 0.05) is 12.7 Å². The first-order valence-corrected chi connectivity index (χ1v) is 7.85. The van der Waals surface area contributed by atoms with Crippen LogP contribution in [0.2, 0.25) is 0 Å². The molecule has 1 aromatic rings. The van der Waals surface area contributed by atoms with Crippen LogP contribution < -0.4 is 10.5 Å². The van der Waals surface area contributed by atoms with Gasteiger partial charge in [-0.25, -0.2) is 18.1 Å². The van der Waals surface area contributed by atoms with Crippen LogP contribution in [0.4, 0.5) is 5.82 Å². The lowest BCUT2D eigenvalue weighted by molar-refractivity contribution is 0.110. The lowest BCUT2D eigenvalue weighted by atomic mass is 9.88. The average molecular weight is 285 g/mol. The van der Waals surface area contributed by atoms with Crippen LogP contribution >= 0.6 is 0 Å². The third kappa shape index (κ3) is 3.65. The smallest absolute Gasteiger partial charge is 0.244 e. The van der Waals surface area contributed by atoms with Crippen molar-refractivity contribution >= 4 is 15.8 Å². The summed E-state index contributed by atoms with van der Waals surface area (Å²) in [7, 11) is -3.60. The van der Waals surface area contributed by atoms with Crippen molar-refractivity contribution in [1.29, 1.82) is 0 Å². The maximum absolute atomic E-state index is 12.1. The quantitative estimate of drug-likeness (QED) is 0.747. The van der Waals surface area contributed by atoms with Crippen molar-refractivity contribution in [2.24, 2.45) is 5.92 Å². The van der Waals surface area contributed by atoms with Gasteiger partial charge in [-0.15, -0.1) is 0 Å². The summed E-state index contributed by atoms with van der Waals surface area (Å²) in [6.07, 6.45) is 4.37. The molecule has 0 radical (unpaired) electrons. The number of hydrogen-bond donors (Lipinski definition) is 3. The lowest BCUT2D eigenvalue weighted by Gasteiger charge is -2.25. The molecule has 1 aliphatic carbocycles. The minimum Gasteiger partial charge on any atom is -0.393 e. The van der Waals surface area contributed by atoms with E-state index in [1.54, 1.807) is 6.07 Å². The Hall–Kier alpha value is -1.18. The van der Waals surface area contributed by atoms with Gasteiger partial charge in [0.1, 0.15) is 10.7 Å². The highest BCUT2D eigenvalue weighted by Gasteiger charge is 2.23. The van der Waals surface area contributed by atoms with E-state index in [9.17, 15) is 13.5 Å². The normalized spacial score (nSPS) is 24.3. The number of pyridine rings is 1. The maximum atomic E-state index is 12.1. The third-order valence-electron chi connectivity index (χ3n) is 3.47. The molecule has 1 fully saturated rings. The van der Waals surface area contributed by atoms with Gasteiger partial charge in [0.2, 0.25) is 10.0 Å². The van der Waals surface area contributed by atoms with Crippen LogP contribution in [0.25, 0.3) is 0 Å². The van der Waals surface area contributed by atoms with Crippen molar-refractivity contribution in [3.8, 4) is 0 Å². The molecule has 2 rings (SSSR count). The largest absolute Gasteiger partial charge is 0.393 e. The highest BCUT2D eigenvalue weighted by atomic mass is 32.2. The monoisotopic (exact) mass is 285 g/mol. The van der Waals surface area contributed by atoms with E-state index in [1.165, 1.54) is 12.3 Å². The first-order valence-electron chi connectivity index (χ1n) is 6.37. The molecule has 1 aromatic heterocycles. The molecule has 7 heteroatoms. The molecule has 1 saturated carbocycles. The molecule has 0 bridgehead atoms. The second-order valence-corrected chi connectivity index (χ2v) is 6.65. The van der Waals surface area contributed by atoms with Gasteiger partial charge in [-0.3, -0.25) is 0 Å². The Bertz CT molecular complexity index is 525. The van der Waals surface area contributed by atoms with E-state index in [4.69, 9.17) is 5.73 Å². The molecule has 6 nitrogen and oxygen atoms in total. The summed E-state index contributed by atoms with van der Waals surface area (Å²) >= 11 is 0. The Balaban J connectivity index is 1.97. The summed E-state index contributed by atoms with van der Waals surface area (Å²) in [4.78, 5) is 3.79.